The first-order valence-corrected chi connectivity index (χ1v) is 3.54. The van der Waals surface area contributed by atoms with Crippen molar-refractivity contribution in [3.05, 3.63) is 33.1 Å². The van der Waals surface area contributed by atoms with Crippen LogP contribution in [-0.4, -0.2) is 0 Å². The zero-order valence-corrected chi connectivity index (χ0v) is 7.01. The van der Waals surface area contributed by atoms with Crippen molar-refractivity contribution in [1.82, 2.24) is 0 Å². The van der Waals surface area contributed by atoms with Gasteiger partial charge >= 0.3 is 0 Å². The van der Waals surface area contributed by atoms with E-state index in [1.165, 1.54) is 6.07 Å². The summed E-state index contributed by atoms with van der Waals surface area (Å²) in [6.07, 6.45) is 0. The van der Waals surface area contributed by atoms with Crippen molar-refractivity contribution in [2.24, 2.45) is 0 Å². The molecule has 0 saturated carbocycles. The minimum Gasteiger partial charge on any atom is -0.0600 e. The molecule has 0 heterocycles. The van der Waals surface area contributed by atoms with E-state index in [1.807, 2.05) is 0 Å². The Bertz CT molecular complexity index is 272. The van der Waals surface area contributed by atoms with E-state index in [0.717, 1.165) is 0 Å². The average molecular weight is 239 g/mol. The second kappa shape index (κ2) is 2.65. The first-order valence-electron chi connectivity index (χ1n) is 3.46. The van der Waals surface area contributed by atoms with Crippen molar-refractivity contribution in [2.75, 3.05) is 0 Å². The molecule has 0 fully saturated rings. The van der Waals surface area contributed by atoms with E-state index in [1.54, 1.807) is 0 Å². The van der Waals surface area contributed by atoms with E-state index in [0.29, 0.717) is 8.95 Å². The van der Waals surface area contributed by atoms with Gasteiger partial charge in [-0.15, -0.1) is 0 Å². The molecule has 42 valence electrons. The number of benzene rings is 1. The molecule has 0 nitrogen and oxygen atoms in total. The molecule has 1 aromatic carbocycles. The van der Waals surface area contributed by atoms with Crippen LogP contribution in [0.3, 0.4) is 0 Å². The molecule has 1 rings (SSSR count). The molecule has 0 aliphatic carbocycles. The Balaban J connectivity index is 3.46. The van der Waals surface area contributed by atoms with Gasteiger partial charge in [0.1, 0.15) is 0 Å². The SMILES string of the molecule is [2H]c1cc(Br)c([2H])c(Br)c1[2H]. The molecule has 0 bridgehead atoms. The molecule has 0 aromatic heterocycles. The zero-order chi connectivity index (χ0) is 8.59. The van der Waals surface area contributed by atoms with Gasteiger partial charge < -0.3 is 0 Å². The Morgan fingerprint density at radius 1 is 1.38 bits per heavy atom. The molecule has 0 unspecified atom stereocenters. The fraction of sp³-hybridized carbons (Fsp3) is 0. The second-order valence-electron chi connectivity index (χ2n) is 1.20. The van der Waals surface area contributed by atoms with Gasteiger partial charge in [0.05, 0.1) is 4.11 Å². The Labute approximate surface area is 69.4 Å². The summed E-state index contributed by atoms with van der Waals surface area (Å²) in [5, 5.41) is 0. The molecule has 1 aromatic rings. The normalized spacial score (nSPS) is 14.5. The van der Waals surface area contributed by atoms with Crippen LogP contribution in [0.5, 0.6) is 0 Å². The topological polar surface area (TPSA) is 0 Å². The number of halogens is 2. The molecule has 0 saturated heterocycles. The third-order valence-electron chi connectivity index (χ3n) is 0.610. The third-order valence-corrected chi connectivity index (χ3v) is 1.43. The summed E-state index contributed by atoms with van der Waals surface area (Å²) in [6, 6.07) is 1.82. The maximum atomic E-state index is 7.38. The summed E-state index contributed by atoms with van der Waals surface area (Å²) in [7, 11) is 0. The Kier molecular flexibility index (Phi) is 1.12. The molecular weight excluding hydrogens is 232 g/mol. The van der Waals surface area contributed by atoms with Crippen LogP contribution in [-0.2, 0) is 0 Å². The van der Waals surface area contributed by atoms with Gasteiger partial charge in [-0.05, 0) is 18.2 Å². The van der Waals surface area contributed by atoms with E-state index in [4.69, 9.17) is 4.11 Å². The van der Waals surface area contributed by atoms with Crippen LogP contribution in [0.25, 0.3) is 0 Å². The molecule has 8 heavy (non-hydrogen) atoms. The van der Waals surface area contributed by atoms with Crippen LogP contribution in [0, 0.1) is 0 Å². The molecule has 0 radical (unpaired) electrons. The molecule has 0 amide bonds. The quantitative estimate of drug-likeness (QED) is 0.651. The summed E-state index contributed by atoms with van der Waals surface area (Å²) in [6.45, 7) is 0. The van der Waals surface area contributed by atoms with Crippen LogP contribution in [0.1, 0.15) is 4.11 Å². The van der Waals surface area contributed by atoms with Crippen LogP contribution in [0.2, 0.25) is 0 Å². The predicted octanol–water partition coefficient (Wildman–Crippen LogP) is 3.21. The van der Waals surface area contributed by atoms with E-state index < -0.39 is 0 Å². The van der Waals surface area contributed by atoms with E-state index in [-0.39, 0.29) is 18.1 Å². The van der Waals surface area contributed by atoms with Crippen molar-refractivity contribution in [3.8, 4) is 0 Å². The molecule has 2 heteroatoms. The first kappa shape index (κ1) is 3.37. The van der Waals surface area contributed by atoms with Gasteiger partial charge in [0.2, 0.25) is 0 Å². The minimum absolute atomic E-state index is 0.0539. The lowest BCUT2D eigenvalue weighted by molar-refractivity contribution is 1.60. The predicted molar refractivity (Wildman–Crippen MR) is 41.8 cm³/mol. The number of rotatable bonds is 0. The van der Waals surface area contributed by atoms with Gasteiger partial charge in [-0.25, -0.2) is 0 Å². The lowest BCUT2D eigenvalue weighted by atomic mass is 10.4. The highest BCUT2D eigenvalue weighted by molar-refractivity contribution is 9.11. The minimum atomic E-state index is 0.0539. The van der Waals surface area contributed by atoms with Gasteiger partial charge in [0.25, 0.3) is 0 Å². The van der Waals surface area contributed by atoms with E-state index >= 15 is 0 Å². The van der Waals surface area contributed by atoms with Crippen molar-refractivity contribution in [3.63, 3.8) is 0 Å². The summed E-state index contributed by atoms with van der Waals surface area (Å²) < 4.78 is 22.8. The van der Waals surface area contributed by atoms with Gasteiger partial charge in [-0.3, -0.25) is 0 Å². The maximum Gasteiger partial charge on any atom is 0.0647 e. The van der Waals surface area contributed by atoms with Gasteiger partial charge in [0, 0.05) is 8.95 Å². The Morgan fingerprint density at radius 2 is 2.12 bits per heavy atom. The monoisotopic (exact) mass is 237 g/mol. The fourth-order valence-corrected chi connectivity index (χ4v) is 1.24. The zero-order valence-electron chi connectivity index (χ0n) is 6.83. The van der Waals surface area contributed by atoms with Gasteiger partial charge in [0.15, 0.2) is 0 Å². The summed E-state index contributed by atoms with van der Waals surface area (Å²) >= 11 is 6.17. The molecule has 0 aliphatic rings. The van der Waals surface area contributed by atoms with Crippen LogP contribution in [0.15, 0.2) is 33.1 Å². The summed E-state index contributed by atoms with van der Waals surface area (Å²) in [4.78, 5) is 0. The van der Waals surface area contributed by atoms with Crippen molar-refractivity contribution in [2.45, 2.75) is 0 Å². The molecule has 0 atom stereocenters. The number of hydrogen-bond donors (Lipinski definition) is 0. The molecule has 0 spiro atoms. The summed E-state index contributed by atoms with van der Waals surface area (Å²) in [5.41, 5.74) is 0. The Hall–Kier alpha value is 0.180. The number of hydrogen-bond acceptors (Lipinski definition) is 0. The largest absolute Gasteiger partial charge is 0.0647 e. The average Bonchev–Trinajstić information content (AvgIpc) is 1.97. The van der Waals surface area contributed by atoms with Crippen LogP contribution >= 0.6 is 31.9 Å². The second-order valence-corrected chi connectivity index (χ2v) is 2.85. The summed E-state index contributed by atoms with van der Waals surface area (Å²) in [5.74, 6) is 0. The van der Waals surface area contributed by atoms with Crippen molar-refractivity contribution >= 4 is 31.9 Å². The standard InChI is InChI=1S/C6H4Br2/c7-5-2-1-3-6(8)4-5/h1-4H/i1D,2D,4D. The highest BCUT2D eigenvalue weighted by atomic mass is 79.9. The maximum absolute atomic E-state index is 7.38. The lowest BCUT2D eigenvalue weighted by Gasteiger charge is -1.87. The van der Waals surface area contributed by atoms with Crippen LogP contribution < -0.4 is 0 Å². The molecule has 0 aliphatic heterocycles. The molecule has 0 N–H and O–H groups in total. The van der Waals surface area contributed by atoms with Crippen molar-refractivity contribution < 1.29 is 4.11 Å². The lowest BCUT2D eigenvalue weighted by Crippen LogP contribution is -1.61. The fourth-order valence-electron chi connectivity index (χ4n) is 0.335. The highest BCUT2D eigenvalue weighted by Gasteiger charge is 1.84. The third kappa shape index (κ3) is 1.60. The van der Waals surface area contributed by atoms with E-state index in [2.05, 4.69) is 31.9 Å². The van der Waals surface area contributed by atoms with E-state index in [9.17, 15) is 0 Å². The molecular formula is C6H4Br2. The first-order chi connectivity index (χ1) is 5.04. The van der Waals surface area contributed by atoms with Crippen LogP contribution in [0.4, 0.5) is 0 Å². The highest BCUT2D eigenvalue weighted by Crippen LogP contribution is 2.15. The van der Waals surface area contributed by atoms with Gasteiger partial charge in [-0.2, -0.15) is 0 Å². The Morgan fingerprint density at radius 3 is 2.88 bits per heavy atom. The van der Waals surface area contributed by atoms with Crippen molar-refractivity contribution in [1.29, 1.82) is 0 Å². The smallest absolute Gasteiger partial charge is 0.0600 e. The van der Waals surface area contributed by atoms with Gasteiger partial charge in [-0.1, -0.05) is 37.9 Å².